The Kier molecular flexibility index (Phi) is 3.76. The highest BCUT2D eigenvalue weighted by Crippen LogP contribution is 2.38. The van der Waals surface area contributed by atoms with Crippen LogP contribution in [-0.2, 0) is 0 Å². The molecule has 0 fully saturated rings. The van der Waals surface area contributed by atoms with Crippen molar-refractivity contribution in [3.8, 4) is 28.0 Å². The number of benzene rings is 3. The Morgan fingerprint density at radius 1 is 0.810 bits per heavy atom. The predicted molar refractivity (Wildman–Crippen MR) is 86.6 cm³/mol. The van der Waals surface area contributed by atoms with Gasteiger partial charge in [-0.3, -0.25) is 0 Å². The molecule has 0 amide bonds. The maximum absolute atomic E-state index is 14.1. The number of phenolic OH excluding ortho intramolecular Hbond substituents is 1. The van der Waals surface area contributed by atoms with E-state index >= 15 is 0 Å². The zero-order valence-electron chi connectivity index (χ0n) is 11.1. The first kappa shape index (κ1) is 13.8. The zero-order valence-corrected chi connectivity index (χ0v) is 12.6. The largest absolute Gasteiger partial charge is 0.507 e. The molecule has 0 aliphatic carbocycles. The molecule has 3 aromatic rings. The standard InChI is InChI=1S/C18H12BrFO/c19-15-7-4-8-16(20)18(15)14-11-13(9-10-17(14)21)12-5-2-1-3-6-12/h1-11,21H. The van der Waals surface area contributed by atoms with Crippen molar-refractivity contribution in [1.29, 1.82) is 0 Å². The second-order valence-electron chi connectivity index (χ2n) is 4.69. The van der Waals surface area contributed by atoms with Crippen LogP contribution in [0.4, 0.5) is 4.39 Å². The number of rotatable bonds is 2. The van der Waals surface area contributed by atoms with Gasteiger partial charge in [-0.05, 0) is 35.4 Å². The third kappa shape index (κ3) is 2.69. The van der Waals surface area contributed by atoms with Gasteiger partial charge in [0, 0.05) is 15.6 Å². The van der Waals surface area contributed by atoms with Gasteiger partial charge in [-0.2, -0.15) is 0 Å². The van der Waals surface area contributed by atoms with Gasteiger partial charge in [-0.25, -0.2) is 4.39 Å². The smallest absolute Gasteiger partial charge is 0.132 e. The summed E-state index contributed by atoms with van der Waals surface area (Å²) in [6.45, 7) is 0. The molecule has 0 atom stereocenters. The van der Waals surface area contributed by atoms with Gasteiger partial charge in [0.2, 0.25) is 0 Å². The molecule has 0 saturated heterocycles. The lowest BCUT2D eigenvalue weighted by Crippen LogP contribution is -1.88. The average molecular weight is 343 g/mol. The molecule has 0 aromatic heterocycles. The van der Waals surface area contributed by atoms with Crippen LogP contribution in [0.15, 0.2) is 71.2 Å². The van der Waals surface area contributed by atoms with E-state index in [0.29, 0.717) is 15.6 Å². The summed E-state index contributed by atoms with van der Waals surface area (Å²) < 4.78 is 14.7. The summed E-state index contributed by atoms with van der Waals surface area (Å²) in [4.78, 5) is 0. The van der Waals surface area contributed by atoms with Crippen molar-refractivity contribution in [2.24, 2.45) is 0 Å². The minimum Gasteiger partial charge on any atom is -0.507 e. The Bertz CT molecular complexity index is 764. The molecule has 0 aliphatic heterocycles. The van der Waals surface area contributed by atoms with Crippen LogP contribution in [-0.4, -0.2) is 5.11 Å². The monoisotopic (exact) mass is 342 g/mol. The van der Waals surface area contributed by atoms with E-state index in [0.717, 1.165) is 11.1 Å². The minimum atomic E-state index is -0.370. The lowest BCUT2D eigenvalue weighted by atomic mass is 9.98. The molecule has 3 rings (SSSR count). The van der Waals surface area contributed by atoms with Crippen molar-refractivity contribution >= 4 is 15.9 Å². The topological polar surface area (TPSA) is 20.2 Å². The number of aromatic hydroxyl groups is 1. The Hall–Kier alpha value is -2.13. The molecule has 0 heterocycles. The van der Waals surface area contributed by atoms with E-state index in [4.69, 9.17) is 0 Å². The van der Waals surface area contributed by atoms with Crippen molar-refractivity contribution < 1.29 is 9.50 Å². The van der Waals surface area contributed by atoms with Gasteiger partial charge in [0.1, 0.15) is 11.6 Å². The van der Waals surface area contributed by atoms with E-state index in [9.17, 15) is 9.50 Å². The first-order chi connectivity index (χ1) is 10.2. The second kappa shape index (κ2) is 5.70. The molecule has 1 N–H and O–H groups in total. The van der Waals surface area contributed by atoms with Crippen molar-refractivity contribution in [1.82, 2.24) is 0 Å². The van der Waals surface area contributed by atoms with E-state index < -0.39 is 0 Å². The normalized spacial score (nSPS) is 10.6. The highest BCUT2D eigenvalue weighted by atomic mass is 79.9. The fourth-order valence-corrected chi connectivity index (χ4v) is 2.86. The van der Waals surface area contributed by atoms with Gasteiger partial charge in [-0.1, -0.05) is 58.4 Å². The number of hydrogen-bond donors (Lipinski definition) is 1. The predicted octanol–water partition coefficient (Wildman–Crippen LogP) is 5.63. The Morgan fingerprint density at radius 3 is 2.29 bits per heavy atom. The quantitative estimate of drug-likeness (QED) is 0.640. The molecule has 104 valence electrons. The SMILES string of the molecule is Oc1ccc(-c2ccccc2)cc1-c1c(F)cccc1Br. The van der Waals surface area contributed by atoms with Crippen LogP contribution < -0.4 is 0 Å². The van der Waals surface area contributed by atoms with Crippen molar-refractivity contribution in [3.63, 3.8) is 0 Å². The summed E-state index contributed by atoms with van der Waals surface area (Å²) in [6.07, 6.45) is 0. The van der Waals surface area contributed by atoms with Gasteiger partial charge < -0.3 is 5.11 Å². The summed E-state index contributed by atoms with van der Waals surface area (Å²) in [5.41, 5.74) is 2.79. The van der Waals surface area contributed by atoms with E-state index in [-0.39, 0.29) is 11.6 Å². The second-order valence-corrected chi connectivity index (χ2v) is 5.55. The van der Waals surface area contributed by atoms with E-state index in [1.54, 1.807) is 24.3 Å². The maximum atomic E-state index is 14.1. The Balaban J connectivity index is 2.20. The molecule has 1 nitrogen and oxygen atoms in total. The summed E-state index contributed by atoms with van der Waals surface area (Å²) >= 11 is 3.35. The molecule has 3 heteroatoms. The lowest BCUT2D eigenvalue weighted by molar-refractivity contribution is 0.476. The van der Waals surface area contributed by atoms with Crippen LogP contribution in [0.2, 0.25) is 0 Å². The molecule has 21 heavy (non-hydrogen) atoms. The summed E-state index contributed by atoms with van der Waals surface area (Å²) in [5, 5.41) is 10.1. The van der Waals surface area contributed by atoms with Gasteiger partial charge in [0.25, 0.3) is 0 Å². The summed E-state index contributed by atoms with van der Waals surface area (Å²) in [6, 6.07) is 19.8. The van der Waals surface area contributed by atoms with E-state index in [2.05, 4.69) is 15.9 Å². The first-order valence-electron chi connectivity index (χ1n) is 6.49. The summed E-state index contributed by atoms with van der Waals surface area (Å²) in [5.74, 6) is -0.314. The van der Waals surface area contributed by atoms with Crippen molar-refractivity contribution in [3.05, 3.63) is 77.0 Å². The van der Waals surface area contributed by atoms with Crippen LogP contribution in [0.1, 0.15) is 0 Å². The molecule has 0 bridgehead atoms. The number of phenols is 1. The van der Waals surface area contributed by atoms with Crippen LogP contribution in [0.5, 0.6) is 5.75 Å². The van der Waals surface area contributed by atoms with Gasteiger partial charge in [-0.15, -0.1) is 0 Å². The van der Waals surface area contributed by atoms with Gasteiger partial charge in [0.15, 0.2) is 0 Å². The fourth-order valence-electron chi connectivity index (χ4n) is 2.30. The Labute approximate surface area is 130 Å². The molecule has 0 radical (unpaired) electrons. The van der Waals surface area contributed by atoms with Crippen LogP contribution >= 0.6 is 15.9 Å². The molecule has 0 aliphatic rings. The van der Waals surface area contributed by atoms with E-state index in [1.165, 1.54) is 6.07 Å². The van der Waals surface area contributed by atoms with Gasteiger partial charge in [0.05, 0.1) is 0 Å². The van der Waals surface area contributed by atoms with E-state index in [1.807, 2.05) is 36.4 Å². The molecular formula is C18H12BrFO. The lowest BCUT2D eigenvalue weighted by Gasteiger charge is -2.11. The minimum absolute atomic E-state index is 0.0560. The third-order valence-corrected chi connectivity index (χ3v) is 4.00. The maximum Gasteiger partial charge on any atom is 0.132 e. The first-order valence-corrected chi connectivity index (χ1v) is 7.29. The third-order valence-electron chi connectivity index (χ3n) is 3.34. The van der Waals surface area contributed by atoms with Crippen LogP contribution in [0.25, 0.3) is 22.3 Å². The van der Waals surface area contributed by atoms with Crippen LogP contribution in [0, 0.1) is 5.82 Å². The molecule has 0 saturated carbocycles. The number of hydrogen-bond acceptors (Lipinski definition) is 1. The van der Waals surface area contributed by atoms with Crippen LogP contribution in [0.3, 0.4) is 0 Å². The highest BCUT2D eigenvalue weighted by Gasteiger charge is 2.14. The average Bonchev–Trinajstić information content (AvgIpc) is 2.50. The zero-order chi connectivity index (χ0) is 14.8. The Morgan fingerprint density at radius 2 is 1.57 bits per heavy atom. The molecule has 0 unspecified atom stereocenters. The summed E-state index contributed by atoms with van der Waals surface area (Å²) in [7, 11) is 0. The molecule has 3 aromatic carbocycles. The number of halogens is 2. The van der Waals surface area contributed by atoms with Crippen molar-refractivity contribution in [2.45, 2.75) is 0 Å². The van der Waals surface area contributed by atoms with Gasteiger partial charge >= 0.3 is 0 Å². The fraction of sp³-hybridized carbons (Fsp3) is 0. The molecule has 0 spiro atoms. The molecular weight excluding hydrogens is 331 g/mol. The highest BCUT2D eigenvalue weighted by molar-refractivity contribution is 9.10. The van der Waals surface area contributed by atoms with Crippen molar-refractivity contribution in [2.75, 3.05) is 0 Å².